The van der Waals surface area contributed by atoms with Crippen molar-refractivity contribution in [1.29, 1.82) is 0 Å². The number of aliphatic hydroxyl groups excluding tert-OH is 1. The van der Waals surface area contributed by atoms with Gasteiger partial charge in [-0.25, -0.2) is 0 Å². The highest BCUT2D eigenvalue weighted by Gasteiger charge is 2.32. The molecule has 0 unspecified atom stereocenters. The average molecular weight is 526 g/mol. The van der Waals surface area contributed by atoms with E-state index in [-0.39, 0.29) is 35.9 Å². The van der Waals surface area contributed by atoms with Crippen LogP contribution in [0.1, 0.15) is 44.4 Å². The molecule has 0 aromatic heterocycles. The van der Waals surface area contributed by atoms with Gasteiger partial charge in [-0.1, -0.05) is 74.5 Å². The van der Waals surface area contributed by atoms with Gasteiger partial charge in [-0.3, -0.25) is 14.4 Å². The summed E-state index contributed by atoms with van der Waals surface area (Å²) in [6.45, 7) is 9.56. The van der Waals surface area contributed by atoms with Gasteiger partial charge in [0, 0.05) is 17.4 Å². The summed E-state index contributed by atoms with van der Waals surface area (Å²) < 4.78 is 0. The number of nitrogens with one attached hydrogen (secondary N) is 2. The third-order valence-electron chi connectivity index (χ3n) is 5.99. The van der Waals surface area contributed by atoms with Gasteiger partial charge in [-0.2, -0.15) is 0 Å². The van der Waals surface area contributed by atoms with E-state index in [2.05, 4.69) is 10.6 Å². The summed E-state index contributed by atoms with van der Waals surface area (Å²) in [5, 5.41) is 17.1. The van der Waals surface area contributed by atoms with E-state index in [1.165, 1.54) is 16.7 Å². The first kappa shape index (κ1) is 30.1. The number of hydrogen-bond acceptors (Lipinski definition) is 5. The maximum absolute atomic E-state index is 13.5. The zero-order valence-corrected chi connectivity index (χ0v) is 23.2. The fourth-order valence-electron chi connectivity index (χ4n) is 3.54. The Balaban J connectivity index is 2.19. The first-order chi connectivity index (χ1) is 17.6. The van der Waals surface area contributed by atoms with Crippen LogP contribution in [0.15, 0.2) is 66.2 Å². The number of thioether (sulfide) groups is 1. The molecular formula is C29H39N3O4S. The molecule has 0 bridgehead atoms. The quantitative estimate of drug-likeness (QED) is 0.274. The van der Waals surface area contributed by atoms with E-state index in [0.29, 0.717) is 12.1 Å². The van der Waals surface area contributed by atoms with Crippen molar-refractivity contribution < 1.29 is 19.5 Å². The summed E-state index contributed by atoms with van der Waals surface area (Å²) in [5.41, 5.74) is 3.42. The number of carbonyl (C=O) groups excluding carboxylic acids is 3. The number of hydrogen-bond donors (Lipinski definition) is 3. The molecule has 0 heterocycles. The maximum Gasteiger partial charge on any atom is 0.254 e. The van der Waals surface area contributed by atoms with Crippen LogP contribution in [0, 0.1) is 6.92 Å². The van der Waals surface area contributed by atoms with E-state index < -0.39 is 18.1 Å². The van der Waals surface area contributed by atoms with Crippen LogP contribution < -0.4 is 10.6 Å². The van der Waals surface area contributed by atoms with Crippen LogP contribution in [0.3, 0.4) is 0 Å². The Morgan fingerprint density at radius 2 is 1.70 bits per heavy atom. The molecule has 2 aromatic rings. The van der Waals surface area contributed by atoms with Crippen LogP contribution in [0.5, 0.6) is 0 Å². The standard InChI is InChI=1S/C29H39N3O4S/c1-6-21(4)28(35)31-25(16-23-13-8-7-9-14-23)27(34)29(36)32(19-37-20(2)3)18-26(33)30-17-24-15-11-10-12-22(24)5/h6-15,20,25,27,34H,16-19H2,1-5H3,(H,30,33)(H,31,35)/b21-6-/t25-,27-/m0/s1. The Bertz CT molecular complexity index is 1070. The van der Waals surface area contributed by atoms with Crippen LogP contribution in [-0.2, 0) is 27.3 Å². The van der Waals surface area contributed by atoms with Gasteiger partial charge in [-0.05, 0) is 43.9 Å². The number of rotatable bonds is 13. The van der Waals surface area contributed by atoms with Gasteiger partial charge in [-0.15, -0.1) is 11.8 Å². The van der Waals surface area contributed by atoms with Crippen molar-refractivity contribution in [3.8, 4) is 0 Å². The lowest BCUT2D eigenvalue weighted by atomic mass is 9.99. The topological polar surface area (TPSA) is 98.7 Å². The van der Waals surface area contributed by atoms with Gasteiger partial charge in [0.25, 0.3) is 5.91 Å². The fraction of sp³-hybridized carbons (Fsp3) is 0.414. The van der Waals surface area contributed by atoms with Crippen LogP contribution in [0.4, 0.5) is 0 Å². The average Bonchev–Trinajstić information content (AvgIpc) is 2.89. The van der Waals surface area contributed by atoms with Crippen molar-refractivity contribution in [3.63, 3.8) is 0 Å². The highest BCUT2D eigenvalue weighted by molar-refractivity contribution is 7.99. The highest BCUT2D eigenvalue weighted by atomic mass is 32.2. The molecule has 8 heteroatoms. The van der Waals surface area contributed by atoms with E-state index in [1.54, 1.807) is 19.9 Å². The molecule has 0 spiro atoms. The van der Waals surface area contributed by atoms with E-state index in [0.717, 1.165) is 16.7 Å². The largest absolute Gasteiger partial charge is 0.381 e. The lowest BCUT2D eigenvalue weighted by Crippen LogP contribution is -2.54. The summed E-state index contributed by atoms with van der Waals surface area (Å²) in [4.78, 5) is 40.3. The van der Waals surface area contributed by atoms with E-state index in [1.807, 2.05) is 75.4 Å². The normalized spacial score (nSPS) is 13.1. The number of amides is 3. The molecule has 3 amide bonds. The second-order valence-corrected chi connectivity index (χ2v) is 10.8. The smallest absolute Gasteiger partial charge is 0.254 e. The second kappa shape index (κ2) is 15.2. The molecule has 0 fully saturated rings. The van der Waals surface area contributed by atoms with Gasteiger partial charge >= 0.3 is 0 Å². The van der Waals surface area contributed by atoms with Crippen molar-refractivity contribution in [2.75, 3.05) is 12.4 Å². The van der Waals surface area contributed by atoms with Crippen molar-refractivity contribution >= 4 is 29.5 Å². The molecule has 7 nitrogen and oxygen atoms in total. The Kier molecular flexibility index (Phi) is 12.4. The molecule has 2 aromatic carbocycles. The monoisotopic (exact) mass is 525 g/mol. The second-order valence-electron chi connectivity index (χ2n) is 9.27. The fourth-order valence-corrected chi connectivity index (χ4v) is 4.24. The van der Waals surface area contributed by atoms with Crippen molar-refractivity contribution in [2.45, 2.75) is 65.0 Å². The minimum atomic E-state index is -1.52. The van der Waals surface area contributed by atoms with E-state index in [4.69, 9.17) is 0 Å². The Morgan fingerprint density at radius 3 is 2.32 bits per heavy atom. The minimum Gasteiger partial charge on any atom is -0.381 e. The summed E-state index contributed by atoms with van der Waals surface area (Å²) in [6.07, 6.45) is 0.417. The molecule has 37 heavy (non-hydrogen) atoms. The van der Waals surface area contributed by atoms with Gasteiger partial charge in [0.05, 0.1) is 11.9 Å². The molecule has 0 radical (unpaired) electrons. The Labute approximate surface area is 224 Å². The van der Waals surface area contributed by atoms with Gasteiger partial charge in [0.15, 0.2) is 6.10 Å². The molecule has 0 aliphatic carbocycles. The van der Waals surface area contributed by atoms with Gasteiger partial charge in [0.1, 0.15) is 6.54 Å². The Morgan fingerprint density at radius 1 is 1.05 bits per heavy atom. The van der Waals surface area contributed by atoms with Crippen molar-refractivity contribution in [3.05, 3.63) is 82.9 Å². The number of carbonyl (C=O) groups is 3. The minimum absolute atomic E-state index is 0.193. The molecular weight excluding hydrogens is 486 g/mol. The number of nitrogens with zero attached hydrogens (tertiary/aromatic N) is 1. The number of aryl methyl sites for hydroxylation is 1. The molecule has 0 aliphatic heterocycles. The van der Waals surface area contributed by atoms with Crippen molar-refractivity contribution in [2.24, 2.45) is 0 Å². The third-order valence-corrected chi connectivity index (χ3v) is 7.11. The van der Waals surface area contributed by atoms with Crippen LogP contribution in [0.2, 0.25) is 0 Å². The van der Waals surface area contributed by atoms with E-state index in [9.17, 15) is 19.5 Å². The van der Waals surface area contributed by atoms with E-state index >= 15 is 0 Å². The molecule has 0 aliphatic rings. The van der Waals surface area contributed by atoms with Gasteiger partial charge in [0.2, 0.25) is 11.8 Å². The third kappa shape index (κ3) is 10.1. The summed E-state index contributed by atoms with van der Waals surface area (Å²) in [6, 6.07) is 16.3. The van der Waals surface area contributed by atoms with Crippen LogP contribution in [0.25, 0.3) is 0 Å². The molecule has 2 rings (SSSR count). The lowest BCUT2D eigenvalue weighted by molar-refractivity contribution is -0.144. The highest BCUT2D eigenvalue weighted by Crippen LogP contribution is 2.15. The molecule has 0 saturated heterocycles. The zero-order valence-electron chi connectivity index (χ0n) is 22.4. The first-order valence-electron chi connectivity index (χ1n) is 12.5. The summed E-state index contributed by atoms with van der Waals surface area (Å²) in [7, 11) is 0. The molecule has 200 valence electrons. The van der Waals surface area contributed by atoms with Crippen LogP contribution >= 0.6 is 11.8 Å². The first-order valence-corrected chi connectivity index (χ1v) is 13.5. The number of benzene rings is 2. The number of allylic oxidation sites excluding steroid dienone is 1. The van der Waals surface area contributed by atoms with Gasteiger partial charge < -0.3 is 20.6 Å². The lowest BCUT2D eigenvalue weighted by Gasteiger charge is -2.30. The summed E-state index contributed by atoms with van der Waals surface area (Å²) in [5.74, 6) is -1.03. The molecule has 2 atom stereocenters. The molecule has 0 saturated carbocycles. The van der Waals surface area contributed by atoms with Crippen LogP contribution in [-0.4, -0.2) is 57.5 Å². The predicted octanol–water partition coefficient (Wildman–Crippen LogP) is 3.59. The van der Waals surface area contributed by atoms with Crippen molar-refractivity contribution in [1.82, 2.24) is 15.5 Å². The predicted molar refractivity (Wildman–Crippen MR) is 150 cm³/mol. The Hall–Kier alpha value is -3.10. The SMILES string of the molecule is C/C=C(/C)C(=O)N[C@@H](Cc1ccccc1)[C@H](O)C(=O)N(CSC(C)C)CC(=O)NCc1ccccc1C. The maximum atomic E-state index is 13.5. The zero-order chi connectivity index (χ0) is 27.4. The summed E-state index contributed by atoms with van der Waals surface area (Å²) >= 11 is 1.50. The number of aliphatic hydroxyl groups is 1. The molecule has 3 N–H and O–H groups in total.